The average molecular weight is 330 g/mol. The van der Waals surface area contributed by atoms with Gasteiger partial charge in [0, 0.05) is 23.5 Å². The fourth-order valence-corrected chi connectivity index (χ4v) is 2.72. The molecule has 0 bridgehead atoms. The van der Waals surface area contributed by atoms with E-state index in [1.165, 1.54) is 10.9 Å². The van der Waals surface area contributed by atoms with Crippen LogP contribution in [0.2, 0.25) is 0 Å². The Morgan fingerprint density at radius 3 is 2.87 bits per heavy atom. The first kappa shape index (κ1) is 17.0. The molecule has 120 valence electrons. The van der Waals surface area contributed by atoms with E-state index in [0.717, 1.165) is 19.5 Å². The second-order valence-electron chi connectivity index (χ2n) is 4.87. The number of hydrogen-bond donors (Lipinski definition) is 2. The van der Waals surface area contributed by atoms with Crippen LogP contribution in [-0.2, 0) is 13.0 Å². The second-order valence-corrected chi connectivity index (χ2v) is 5.90. The predicted octanol–water partition coefficient (Wildman–Crippen LogP) is 3.06. The molecule has 2 N–H and O–H groups in total. The van der Waals surface area contributed by atoms with Crippen LogP contribution in [0.15, 0.2) is 40.7 Å². The van der Waals surface area contributed by atoms with Crippen molar-refractivity contribution in [2.75, 3.05) is 13.1 Å². The van der Waals surface area contributed by atoms with Crippen LogP contribution in [0.1, 0.15) is 22.9 Å². The number of hydrogen-bond acceptors (Lipinski definition) is 3. The van der Waals surface area contributed by atoms with Gasteiger partial charge in [0.2, 0.25) is 0 Å². The van der Waals surface area contributed by atoms with Gasteiger partial charge in [-0.2, -0.15) is 5.26 Å². The van der Waals surface area contributed by atoms with Crippen LogP contribution in [0.25, 0.3) is 0 Å². The van der Waals surface area contributed by atoms with E-state index < -0.39 is 5.82 Å². The Bertz CT molecular complexity index is 689. The van der Waals surface area contributed by atoms with Gasteiger partial charge in [-0.15, -0.1) is 11.3 Å². The third kappa shape index (κ3) is 5.38. The van der Waals surface area contributed by atoms with Gasteiger partial charge in [-0.3, -0.25) is 0 Å². The predicted molar refractivity (Wildman–Crippen MR) is 92.0 cm³/mol. The van der Waals surface area contributed by atoms with Crippen molar-refractivity contribution in [2.45, 2.75) is 19.9 Å². The average Bonchev–Trinajstić information content (AvgIpc) is 3.06. The van der Waals surface area contributed by atoms with E-state index in [2.05, 4.69) is 27.1 Å². The molecule has 2 rings (SSSR count). The highest BCUT2D eigenvalue weighted by atomic mass is 32.1. The lowest BCUT2D eigenvalue weighted by Crippen LogP contribution is -2.38. The normalized spacial score (nSPS) is 11.1. The third-order valence-electron chi connectivity index (χ3n) is 3.18. The summed E-state index contributed by atoms with van der Waals surface area (Å²) in [6.07, 6.45) is 0.924. The summed E-state index contributed by atoms with van der Waals surface area (Å²) in [4.78, 5) is 5.71. The van der Waals surface area contributed by atoms with Crippen molar-refractivity contribution in [1.82, 2.24) is 10.6 Å². The molecule has 2 aromatic rings. The molecule has 1 heterocycles. The van der Waals surface area contributed by atoms with Crippen molar-refractivity contribution < 1.29 is 4.39 Å². The van der Waals surface area contributed by atoms with E-state index in [1.807, 2.05) is 19.1 Å². The Kier molecular flexibility index (Phi) is 6.57. The van der Waals surface area contributed by atoms with E-state index in [4.69, 9.17) is 5.26 Å². The summed E-state index contributed by atoms with van der Waals surface area (Å²) in [5.41, 5.74) is 0.788. The van der Waals surface area contributed by atoms with E-state index >= 15 is 0 Å². The van der Waals surface area contributed by atoms with Crippen molar-refractivity contribution in [3.05, 3.63) is 57.5 Å². The van der Waals surface area contributed by atoms with Crippen LogP contribution in [-0.4, -0.2) is 19.0 Å². The zero-order valence-corrected chi connectivity index (χ0v) is 13.8. The maximum atomic E-state index is 13.9. The Morgan fingerprint density at radius 2 is 2.22 bits per heavy atom. The first-order valence-electron chi connectivity index (χ1n) is 7.46. The molecule has 0 spiro atoms. The molecule has 0 aliphatic carbocycles. The lowest BCUT2D eigenvalue weighted by atomic mass is 10.1. The summed E-state index contributed by atoms with van der Waals surface area (Å²) in [6.45, 7) is 3.72. The van der Waals surface area contributed by atoms with E-state index in [1.54, 1.807) is 23.5 Å². The Labute approximate surface area is 139 Å². The summed E-state index contributed by atoms with van der Waals surface area (Å²) >= 11 is 1.73. The molecular weight excluding hydrogens is 311 g/mol. The minimum atomic E-state index is -0.401. The van der Waals surface area contributed by atoms with Crippen LogP contribution in [0, 0.1) is 17.1 Å². The van der Waals surface area contributed by atoms with Gasteiger partial charge >= 0.3 is 0 Å². The van der Waals surface area contributed by atoms with Gasteiger partial charge in [0.15, 0.2) is 5.96 Å². The molecule has 0 amide bonds. The van der Waals surface area contributed by atoms with Crippen LogP contribution in [0.4, 0.5) is 4.39 Å². The number of halogens is 1. The zero-order valence-electron chi connectivity index (χ0n) is 13.0. The van der Waals surface area contributed by atoms with Crippen molar-refractivity contribution in [1.29, 1.82) is 5.26 Å². The van der Waals surface area contributed by atoms with Crippen LogP contribution in [0.5, 0.6) is 0 Å². The Morgan fingerprint density at radius 1 is 1.35 bits per heavy atom. The number of nitriles is 1. The molecule has 1 aromatic carbocycles. The van der Waals surface area contributed by atoms with E-state index in [-0.39, 0.29) is 6.54 Å². The van der Waals surface area contributed by atoms with E-state index in [0.29, 0.717) is 17.1 Å². The van der Waals surface area contributed by atoms with E-state index in [9.17, 15) is 4.39 Å². The van der Waals surface area contributed by atoms with Gasteiger partial charge in [-0.05, 0) is 36.9 Å². The fourth-order valence-electron chi connectivity index (χ4n) is 2.01. The molecule has 6 heteroatoms. The monoisotopic (exact) mass is 330 g/mol. The molecule has 0 aliphatic rings. The number of nitrogens with one attached hydrogen (secondary N) is 2. The van der Waals surface area contributed by atoms with Crippen molar-refractivity contribution in [3.63, 3.8) is 0 Å². The molecule has 0 saturated carbocycles. The number of nitrogens with zero attached hydrogens (tertiary/aromatic N) is 2. The van der Waals surface area contributed by atoms with Crippen molar-refractivity contribution in [2.24, 2.45) is 4.99 Å². The Balaban J connectivity index is 1.94. The van der Waals surface area contributed by atoms with Gasteiger partial charge in [0.05, 0.1) is 18.2 Å². The molecule has 0 radical (unpaired) electrons. The minimum absolute atomic E-state index is 0.228. The van der Waals surface area contributed by atoms with Gasteiger partial charge in [-0.25, -0.2) is 9.38 Å². The van der Waals surface area contributed by atoms with Crippen LogP contribution >= 0.6 is 11.3 Å². The topological polar surface area (TPSA) is 60.2 Å². The largest absolute Gasteiger partial charge is 0.357 e. The summed E-state index contributed by atoms with van der Waals surface area (Å²) in [6, 6.07) is 10.5. The van der Waals surface area contributed by atoms with Crippen LogP contribution in [0.3, 0.4) is 0 Å². The summed E-state index contributed by atoms with van der Waals surface area (Å²) in [7, 11) is 0. The minimum Gasteiger partial charge on any atom is -0.357 e. The molecule has 0 aliphatic heterocycles. The highest BCUT2D eigenvalue weighted by Crippen LogP contribution is 2.11. The molecule has 4 nitrogen and oxygen atoms in total. The molecule has 0 fully saturated rings. The number of aliphatic imine (C=N–C) groups is 1. The molecule has 0 saturated heterocycles. The maximum absolute atomic E-state index is 13.9. The zero-order chi connectivity index (χ0) is 16.5. The third-order valence-corrected chi connectivity index (χ3v) is 4.11. The summed E-state index contributed by atoms with van der Waals surface area (Å²) in [5, 5.41) is 17.2. The van der Waals surface area contributed by atoms with Gasteiger partial charge in [-0.1, -0.05) is 12.1 Å². The highest BCUT2D eigenvalue weighted by molar-refractivity contribution is 7.09. The highest BCUT2D eigenvalue weighted by Gasteiger charge is 2.04. The van der Waals surface area contributed by atoms with Crippen LogP contribution < -0.4 is 10.6 Å². The first-order chi connectivity index (χ1) is 11.2. The number of thiophene rings is 1. The summed E-state index contributed by atoms with van der Waals surface area (Å²) < 4.78 is 13.9. The second kappa shape index (κ2) is 8.91. The lowest BCUT2D eigenvalue weighted by Gasteiger charge is -2.11. The smallest absolute Gasteiger partial charge is 0.191 e. The van der Waals surface area contributed by atoms with Crippen molar-refractivity contribution in [3.8, 4) is 6.07 Å². The SMILES string of the molecule is CCNC(=NCc1ccc(C#N)cc1F)NCCc1cccs1. The molecule has 1 aromatic heterocycles. The summed E-state index contributed by atoms with van der Waals surface area (Å²) in [5.74, 6) is 0.259. The van der Waals surface area contributed by atoms with Gasteiger partial charge < -0.3 is 10.6 Å². The maximum Gasteiger partial charge on any atom is 0.191 e. The van der Waals surface area contributed by atoms with Gasteiger partial charge in [0.1, 0.15) is 5.82 Å². The molecule has 0 unspecified atom stereocenters. The number of rotatable bonds is 6. The quantitative estimate of drug-likeness (QED) is 0.632. The first-order valence-corrected chi connectivity index (χ1v) is 8.34. The number of benzene rings is 1. The number of guanidine groups is 1. The standard InChI is InChI=1S/C17H19FN4S/c1-2-20-17(21-8-7-15-4-3-9-23-15)22-12-14-6-5-13(11-19)10-16(14)18/h3-6,9-10H,2,7-8,12H2,1H3,(H2,20,21,22). The van der Waals surface area contributed by atoms with Gasteiger partial charge in [0.25, 0.3) is 0 Å². The lowest BCUT2D eigenvalue weighted by molar-refractivity contribution is 0.609. The molecular formula is C17H19FN4S. The molecule has 23 heavy (non-hydrogen) atoms. The fraction of sp³-hybridized carbons (Fsp3) is 0.294. The molecule has 0 atom stereocenters. The van der Waals surface area contributed by atoms with Crippen molar-refractivity contribution >= 4 is 17.3 Å². The Hall–Kier alpha value is -2.39.